The minimum absolute atomic E-state index is 0.000654. The molecule has 0 saturated heterocycles. The fraction of sp³-hybridized carbons (Fsp3) is 0.238. The average molecular weight is 397 g/mol. The van der Waals surface area contributed by atoms with E-state index < -0.39 is 0 Å². The molecule has 128 valence electrons. The summed E-state index contributed by atoms with van der Waals surface area (Å²) < 4.78 is 0.962. The number of hydrogen-bond acceptors (Lipinski definition) is 3. The van der Waals surface area contributed by atoms with Crippen LogP contribution in [0.2, 0.25) is 0 Å². The van der Waals surface area contributed by atoms with Gasteiger partial charge < -0.3 is 9.69 Å². The lowest BCUT2D eigenvalue weighted by Crippen LogP contribution is -2.36. The Bertz CT molecular complexity index is 909. The number of nitrogens with zero attached hydrogens (tertiary/aromatic N) is 2. The topological polar surface area (TPSA) is 33.2 Å². The van der Waals surface area contributed by atoms with Gasteiger partial charge >= 0.3 is 0 Å². The molecule has 0 amide bonds. The number of rotatable bonds is 5. The normalized spacial score (nSPS) is 13.4. The van der Waals surface area contributed by atoms with E-state index in [9.17, 15) is 4.79 Å². The van der Waals surface area contributed by atoms with Gasteiger partial charge in [0.15, 0.2) is 0 Å². The lowest BCUT2D eigenvalue weighted by Gasteiger charge is -2.33. The molecule has 0 N–H and O–H groups in total. The summed E-state index contributed by atoms with van der Waals surface area (Å²) in [4.78, 5) is 18.6. The number of likely N-dealkylation sites (N-methyl/N-ethyl adjacent to an activating group) is 1. The summed E-state index contributed by atoms with van der Waals surface area (Å²) in [6.07, 6.45) is 2.85. The van der Waals surface area contributed by atoms with Crippen molar-refractivity contribution in [2.45, 2.75) is 25.8 Å². The molecule has 0 aliphatic carbocycles. The molecular formula is C21H21BrN2O. The van der Waals surface area contributed by atoms with E-state index in [1.165, 1.54) is 5.56 Å². The quantitative estimate of drug-likeness (QED) is 0.561. The predicted molar refractivity (Wildman–Crippen MR) is 107 cm³/mol. The molecule has 2 aromatic carbocycles. The van der Waals surface area contributed by atoms with Gasteiger partial charge in [-0.1, -0.05) is 40.2 Å². The van der Waals surface area contributed by atoms with E-state index in [1.807, 2.05) is 43.4 Å². The molecule has 0 radical (unpaired) electrons. The molecule has 0 fully saturated rings. The Morgan fingerprint density at radius 2 is 1.88 bits per heavy atom. The predicted octanol–water partition coefficient (Wildman–Crippen LogP) is 5.11. The average Bonchev–Trinajstić information content (AvgIpc) is 2.63. The first kappa shape index (κ1) is 17.6. The molecule has 3 rings (SSSR count). The molecule has 0 spiro atoms. The Labute approximate surface area is 156 Å². The Morgan fingerprint density at radius 3 is 2.60 bits per heavy atom. The lowest BCUT2D eigenvalue weighted by atomic mass is 9.92. The van der Waals surface area contributed by atoms with E-state index in [0.717, 1.165) is 32.9 Å². The summed E-state index contributed by atoms with van der Waals surface area (Å²) in [5, 5.41) is 1.11. The highest BCUT2D eigenvalue weighted by Gasteiger charge is 2.26. The number of pyridine rings is 1. The van der Waals surface area contributed by atoms with Gasteiger partial charge in [-0.3, -0.25) is 4.98 Å². The Morgan fingerprint density at radius 1 is 1.12 bits per heavy atom. The van der Waals surface area contributed by atoms with Gasteiger partial charge in [0.25, 0.3) is 0 Å². The molecule has 1 aromatic heterocycles. The summed E-state index contributed by atoms with van der Waals surface area (Å²) in [6, 6.07) is 16.1. The van der Waals surface area contributed by atoms with Crippen LogP contribution in [0, 0.1) is 6.92 Å². The molecule has 2 unspecified atom stereocenters. The monoisotopic (exact) mass is 396 g/mol. The second kappa shape index (κ2) is 7.36. The third kappa shape index (κ3) is 3.31. The van der Waals surface area contributed by atoms with E-state index in [2.05, 4.69) is 51.8 Å². The van der Waals surface area contributed by atoms with Crippen LogP contribution in [0.5, 0.6) is 0 Å². The summed E-state index contributed by atoms with van der Waals surface area (Å²) in [5.41, 5.74) is 4.27. The van der Waals surface area contributed by atoms with Crippen molar-refractivity contribution in [1.82, 2.24) is 4.98 Å². The Balaban J connectivity index is 2.05. The molecule has 4 heteroatoms. The third-order valence-corrected chi connectivity index (χ3v) is 5.57. The van der Waals surface area contributed by atoms with Crippen molar-refractivity contribution in [3.05, 3.63) is 70.3 Å². The zero-order valence-electron chi connectivity index (χ0n) is 14.6. The van der Waals surface area contributed by atoms with E-state index in [1.54, 1.807) is 6.20 Å². The van der Waals surface area contributed by atoms with Gasteiger partial charge in [0.1, 0.15) is 6.29 Å². The largest absolute Gasteiger partial charge is 0.370 e. The minimum atomic E-state index is -0.230. The molecule has 0 bridgehead atoms. The fourth-order valence-electron chi connectivity index (χ4n) is 3.35. The second-order valence-electron chi connectivity index (χ2n) is 6.34. The number of aryl methyl sites for hydroxylation is 1. The lowest BCUT2D eigenvalue weighted by molar-refractivity contribution is -0.109. The van der Waals surface area contributed by atoms with Gasteiger partial charge in [0.2, 0.25) is 0 Å². The van der Waals surface area contributed by atoms with E-state index in [0.29, 0.717) is 0 Å². The van der Waals surface area contributed by atoms with E-state index in [-0.39, 0.29) is 12.0 Å². The summed E-state index contributed by atoms with van der Waals surface area (Å²) in [6.45, 7) is 4.19. The van der Waals surface area contributed by atoms with Gasteiger partial charge in [0, 0.05) is 34.8 Å². The molecule has 0 aliphatic rings. The molecular weight excluding hydrogens is 376 g/mol. The minimum Gasteiger partial charge on any atom is -0.370 e. The van der Waals surface area contributed by atoms with Crippen LogP contribution in [-0.2, 0) is 4.79 Å². The Kier molecular flexibility index (Phi) is 5.19. The van der Waals surface area contributed by atoms with E-state index >= 15 is 0 Å². The van der Waals surface area contributed by atoms with Crippen molar-refractivity contribution in [3.63, 3.8) is 0 Å². The van der Waals surface area contributed by atoms with Crippen molar-refractivity contribution < 1.29 is 4.79 Å². The smallest absolute Gasteiger partial charge is 0.129 e. The van der Waals surface area contributed by atoms with Gasteiger partial charge in [-0.15, -0.1) is 0 Å². The number of carbonyl (C=O) groups excluding carboxylic acids is 1. The van der Waals surface area contributed by atoms with Crippen molar-refractivity contribution in [2.24, 2.45) is 0 Å². The number of aldehydes is 1. The van der Waals surface area contributed by atoms with Crippen molar-refractivity contribution >= 4 is 38.8 Å². The second-order valence-corrected chi connectivity index (χ2v) is 7.19. The Hall–Kier alpha value is -2.20. The number of fused-ring (bicyclic) bond motifs is 1. The highest BCUT2D eigenvalue weighted by Crippen LogP contribution is 2.34. The highest BCUT2D eigenvalue weighted by molar-refractivity contribution is 9.10. The van der Waals surface area contributed by atoms with Crippen LogP contribution in [0.25, 0.3) is 10.9 Å². The van der Waals surface area contributed by atoms with Crippen LogP contribution >= 0.6 is 15.9 Å². The number of benzene rings is 2. The summed E-state index contributed by atoms with van der Waals surface area (Å²) in [7, 11) is 2.05. The van der Waals surface area contributed by atoms with Gasteiger partial charge in [-0.05, 0) is 49.2 Å². The van der Waals surface area contributed by atoms with Crippen molar-refractivity contribution in [3.8, 4) is 0 Å². The van der Waals surface area contributed by atoms with Crippen molar-refractivity contribution in [2.75, 3.05) is 11.9 Å². The maximum atomic E-state index is 11.9. The first-order chi connectivity index (χ1) is 12.0. The van der Waals surface area contributed by atoms with Crippen molar-refractivity contribution in [1.29, 1.82) is 0 Å². The van der Waals surface area contributed by atoms with Crippen LogP contribution in [-0.4, -0.2) is 24.4 Å². The molecule has 2 atom stereocenters. The van der Waals surface area contributed by atoms with Crippen LogP contribution in [0.15, 0.2) is 59.2 Å². The standard InChI is InChI=1S/C21H21BrN2O/c1-14-10-11-20-17(8-6-12-23-20)21(14)24(3)15(2)18(13-25)16-7-4-5-9-19(16)22/h4-13,15,18H,1-3H3. The van der Waals surface area contributed by atoms with Crippen LogP contribution in [0.4, 0.5) is 5.69 Å². The van der Waals surface area contributed by atoms with Crippen LogP contribution in [0.3, 0.4) is 0 Å². The molecule has 1 heterocycles. The third-order valence-electron chi connectivity index (χ3n) is 4.85. The molecule has 3 aromatic rings. The van der Waals surface area contributed by atoms with Crippen LogP contribution in [0.1, 0.15) is 24.0 Å². The zero-order chi connectivity index (χ0) is 18.0. The van der Waals surface area contributed by atoms with Gasteiger partial charge in [-0.25, -0.2) is 0 Å². The zero-order valence-corrected chi connectivity index (χ0v) is 16.2. The molecule has 0 saturated carbocycles. The van der Waals surface area contributed by atoms with Crippen LogP contribution < -0.4 is 4.90 Å². The van der Waals surface area contributed by atoms with Gasteiger partial charge in [0.05, 0.1) is 11.4 Å². The maximum Gasteiger partial charge on any atom is 0.129 e. The molecule has 0 aliphatic heterocycles. The number of carbonyl (C=O) groups is 1. The number of anilines is 1. The number of aromatic nitrogens is 1. The summed E-state index contributed by atoms with van der Waals surface area (Å²) >= 11 is 3.58. The number of halogens is 1. The molecule has 25 heavy (non-hydrogen) atoms. The fourth-order valence-corrected chi connectivity index (χ4v) is 3.90. The number of hydrogen-bond donors (Lipinski definition) is 0. The molecule has 3 nitrogen and oxygen atoms in total. The first-order valence-corrected chi connectivity index (χ1v) is 9.10. The maximum absolute atomic E-state index is 11.9. The highest BCUT2D eigenvalue weighted by atomic mass is 79.9. The van der Waals surface area contributed by atoms with E-state index in [4.69, 9.17) is 0 Å². The SMILES string of the molecule is Cc1ccc2ncccc2c1N(C)C(C)C(C=O)c1ccccc1Br. The van der Waals surface area contributed by atoms with Gasteiger partial charge in [-0.2, -0.15) is 0 Å². The summed E-state index contributed by atoms with van der Waals surface area (Å²) in [5.74, 6) is -0.230. The first-order valence-electron chi connectivity index (χ1n) is 8.31.